The Bertz CT molecular complexity index is 533. The summed E-state index contributed by atoms with van der Waals surface area (Å²) in [6.07, 6.45) is 6.08. The van der Waals surface area contributed by atoms with Crippen molar-refractivity contribution in [2.45, 2.75) is 20.3 Å². The summed E-state index contributed by atoms with van der Waals surface area (Å²) < 4.78 is 1.66. The molecule has 2 amide bonds. The fourth-order valence-corrected chi connectivity index (χ4v) is 1.65. The van der Waals surface area contributed by atoms with Crippen LogP contribution in [-0.4, -0.2) is 27.3 Å². The minimum Gasteiger partial charge on any atom is -0.338 e. The monoisotopic (exact) mass is 273 g/mol. The SMILES string of the molecule is CC(C)CCNC(=O)Nc1ccc(-n2cccn2)nc1. The molecule has 0 bridgehead atoms. The van der Waals surface area contributed by atoms with Crippen LogP contribution in [-0.2, 0) is 0 Å². The van der Waals surface area contributed by atoms with E-state index in [2.05, 4.69) is 34.6 Å². The van der Waals surface area contributed by atoms with Gasteiger partial charge < -0.3 is 10.6 Å². The van der Waals surface area contributed by atoms with Crippen LogP contribution in [0, 0.1) is 5.92 Å². The van der Waals surface area contributed by atoms with E-state index in [4.69, 9.17) is 0 Å². The average Bonchev–Trinajstić information content (AvgIpc) is 2.93. The lowest BCUT2D eigenvalue weighted by Gasteiger charge is -2.09. The van der Waals surface area contributed by atoms with Crippen molar-refractivity contribution in [1.82, 2.24) is 20.1 Å². The van der Waals surface area contributed by atoms with Gasteiger partial charge in [-0.1, -0.05) is 13.8 Å². The van der Waals surface area contributed by atoms with Crippen molar-refractivity contribution >= 4 is 11.7 Å². The molecule has 20 heavy (non-hydrogen) atoms. The zero-order valence-corrected chi connectivity index (χ0v) is 11.7. The molecular formula is C14H19N5O. The van der Waals surface area contributed by atoms with E-state index in [9.17, 15) is 4.79 Å². The van der Waals surface area contributed by atoms with Crippen LogP contribution in [0.4, 0.5) is 10.5 Å². The first kappa shape index (κ1) is 14.0. The van der Waals surface area contributed by atoms with Gasteiger partial charge in [-0.2, -0.15) is 5.10 Å². The van der Waals surface area contributed by atoms with Crippen LogP contribution in [0.25, 0.3) is 5.82 Å². The van der Waals surface area contributed by atoms with Crippen molar-refractivity contribution in [3.8, 4) is 5.82 Å². The van der Waals surface area contributed by atoms with Gasteiger partial charge in [0, 0.05) is 18.9 Å². The zero-order chi connectivity index (χ0) is 14.4. The smallest absolute Gasteiger partial charge is 0.319 e. The molecule has 0 saturated heterocycles. The number of amides is 2. The molecule has 2 N–H and O–H groups in total. The highest BCUT2D eigenvalue weighted by Gasteiger charge is 2.03. The predicted octanol–water partition coefficient (Wildman–Crippen LogP) is 2.43. The fourth-order valence-electron chi connectivity index (χ4n) is 1.65. The Morgan fingerprint density at radius 2 is 2.25 bits per heavy atom. The second-order valence-electron chi connectivity index (χ2n) is 4.92. The van der Waals surface area contributed by atoms with Gasteiger partial charge in [0.15, 0.2) is 5.82 Å². The van der Waals surface area contributed by atoms with Crippen molar-refractivity contribution in [3.05, 3.63) is 36.8 Å². The first-order valence-corrected chi connectivity index (χ1v) is 6.66. The van der Waals surface area contributed by atoms with Crippen LogP contribution in [0.3, 0.4) is 0 Å². The quantitative estimate of drug-likeness (QED) is 0.878. The summed E-state index contributed by atoms with van der Waals surface area (Å²) in [6, 6.07) is 5.22. The number of anilines is 1. The number of nitrogens with one attached hydrogen (secondary N) is 2. The fraction of sp³-hybridized carbons (Fsp3) is 0.357. The van der Waals surface area contributed by atoms with Gasteiger partial charge >= 0.3 is 6.03 Å². The maximum Gasteiger partial charge on any atom is 0.319 e. The number of carbonyl (C=O) groups excluding carboxylic acids is 1. The molecule has 2 aromatic heterocycles. The third-order valence-electron chi connectivity index (χ3n) is 2.75. The van der Waals surface area contributed by atoms with Crippen LogP contribution in [0.2, 0.25) is 0 Å². The molecule has 0 radical (unpaired) electrons. The Hall–Kier alpha value is -2.37. The molecule has 6 nitrogen and oxygen atoms in total. The molecular weight excluding hydrogens is 254 g/mol. The van der Waals surface area contributed by atoms with Gasteiger partial charge in [0.25, 0.3) is 0 Å². The molecule has 2 heterocycles. The summed E-state index contributed by atoms with van der Waals surface area (Å²) in [4.78, 5) is 15.9. The summed E-state index contributed by atoms with van der Waals surface area (Å²) in [5.41, 5.74) is 0.656. The van der Waals surface area contributed by atoms with Gasteiger partial charge in [0.1, 0.15) is 0 Å². The number of pyridine rings is 1. The van der Waals surface area contributed by atoms with Crippen molar-refractivity contribution < 1.29 is 4.79 Å². The van der Waals surface area contributed by atoms with Gasteiger partial charge in [-0.15, -0.1) is 0 Å². The van der Waals surface area contributed by atoms with Crippen LogP contribution in [0.5, 0.6) is 0 Å². The maximum atomic E-state index is 11.6. The number of nitrogens with zero attached hydrogens (tertiary/aromatic N) is 3. The van der Waals surface area contributed by atoms with Crippen LogP contribution in [0.15, 0.2) is 36.8 Å². The molecule has 0 aromatic carbocycles. The van der Waals surface area contributed by atoms with Gasteiger partial charge in [0.2, 0.25) is 0 Å². The lowest BCUT2D eigenvalue weighted by atomic mass is 10.1. The summed E-state index contributed by atoms with van der Waals surface area (Å²) in [5.74, 6) is 1.28. The van der Waals surface area contributed by atoms with Crippen molar-refractivity contribution in [1.29, 1.82) is 0 Å². The van der Waals surface area contributed by atoms with E-state index in [0.29, 0.717) is 24.0 Å². The van der Waals surface area contributed by atoms with E-state index in [1.807, 2.05) is 12.3 Å². The Morgan fingerprint density at radius 1 is 1.40 bits per heavy atom. The first-order valence-electron chi connectivity index (χ1n) is 6.66. The van der Waals surface area contributed by atoms with Crippen LogP contribution >= 0.6 is 0 Å². The minimum atomic E-state index is -0.209. The molecule has 0 fully saturated rings. The average molecular weight is 273 g/mol. The Morgan fingerprint density at radius 3 is 2.85 bits per heavy atom. The molecule has 6 heteroatoms. The Balaban J connectivity index is 1.86. The zero-order valence-electron chi connectivity index (χ0n) is 11.7. The van der Waals surface area contributed by atoms with E-state index < -0.39 is 0 Å². The van der Waals surface area contributed by atoms with Crippen molar-refractivity contribution in [2.24, 2.45) is 5.92 Å². The highest BCUT2D eigenvalue weighted by molar-refractivity contribution is 5.88. The molecule has 0 aliphatic heterocycles. The number of carbonyl (C=O) groups is 1. The maximum absolute atomic E-state index is 11.6. The van der Waals surface area contributed by atoms with Gasteiger partial charge in [-0.25, -0.2) is 14.5 Å². The standard InChI is InChI=1S/C14H19N5O/c1-11(2)6-8-15-14(20)18-12-4-5-13(16-10-12)19-9-3-7-17-19/h3-5,7,9-11H,6,8H2,1-2H3,(H2,15,18,20). The second kappa shape index (κ2) is 6.70. The van der Waals surface area contributed by atoms with E-state index in [1.165, 1.54) is 0 Å². The summed E-state index contributed by atoms with van der Waals surface area (Å²) >= 11 is 0. The van der Waals surface area contributed by atoms with Crippen LogP contribution in [0.1, 0.15) is 20.3 Å². The third kappa shape index (κ3) is 4.08. The molecule has 0 atom stereocenters. The highest BCUT2D eigenvalue weighted by atomic mass is 16.2. The lowest BCUT2D eigenvalue weighted by molar-refractivity contribution is 0.251. The van der Waals surface area contributed by atoms with E-state index >= 15 is 0 Å². The van der Waals surface area contributed by atoms with Gasteiger partial charge in [0.05, 0.1) is 11.9 Å². The molecule has 2 rings (SSSR count). The van der Waals surface area contributed by atoms with Crippen molar-refractivity contribution in [2.75, 3.05) is 11.9 Å². The highest BCUT2D eigenvalue weighted by Crippen LogP contribution is 2.08. The molecule has 106 valence electrons. The number of urea groups is 1. The Labute approximate surface area is 118 Å². The first-order chi connectivity index (χ1) is 9.65. The largest absolute Gasteiger partial charge is 0.338 e. The lowest BCUT2D eigenvalue weighted by Crippen LogP contribution is -2.30. The Kier molecular flexibility index (Phi) is 4.70. The summed E-state index contributed by atoms with van der Waals surface area (Å²) in [7, 11) is 0. The van der Waals surface area contributed by atoms with E-state index in [-0.39, 0.29) is 6.03 Å². The molecule has 0 spiro atoms. The normalized spacial score (nSPS) is 10.6. The van der Waals surface area contributed by atoms with Crippen molar-refractivity contribution in [3.63, 3.8) is 0 Å². The number of hydrogen-bond acceptors (Lipinski definition) is 3. The topological polar surface area (TPSA) is 71.8 Å². The number of hydrogen-bond donors (Lipinski definition) is 2. The van der Waals surface area contributed by atoms with E-state index in [1.54, 1.807) is 29.2 Å². The molecule has 0 unspecified atom stereocenters. The summed E-state index contributed by atoms with van der Waals surface area (Å²) in [6.45, 7) is 4.91. The second-order valence-corrected chi connectivity index (χ2v) is 4.92. The summed E-state index contributed by atoms with van der Waals surface area (Å²) in [5, 5.41) is 9.64. The van der Waals surface area contributed by atoms with Crippen LogP contribution < -0.4 is 10.6 Å². The third-order valence-corrected chi connectivity index (χ3v) is 2.75. The van der Waals surface area contributed by atoms with Gasteiger partial charge in [-0.05, 0) is 30.5 Å². The van der Waals surface area contributed by atoms with Gasteiger partial charge in [-0.3, -0.25) is 0 Å². The number of aromatic nitrogens is 3. The minimum absolute atomic E-state index is 0.209. The molecule has 0 aliphatic carbocycles. The molecule has 2 aromatic rings. The molecule has 0 saturated carbocycles. The van der Waals surface area contributed by atoms with E-state index in [0.717, 1.165) is 6.42 Å². The predicted molar refractivity (Wildman–Crippen MR) is 77.8 cm³/mol. The molecule has 0 aliphatic rings. The number of rotatable bonds is 5.